The summed E-state index contributed by atoms with van der Waals surface area (Å²) in [6.45, 7) is 1.02. The van der Waals surface area contributed by atoms with E-state index >= 15 is 0 Å². The van der Waals surface area contributed by atoms with Gasteiger partial charge in [-0.15, -0.1) is 0 Å². The SMILES string of the molecule is O=C(Nc1ccc2c(c1)OCCO2)[C@H]1CC(c2ccccc2Cl)=NO1. The lowest BCUT2D eigenvalue weighted by Crippen LogP contribution is -2.28. The van der Waals surface area contributed by atoms with E-state index in [0.717, 1.165) is 5.56 Å². The molecule has 2 aromatic rings. The number of fused-ring (bicyclic) bond motifs is 1. The minimum Gasteiger partial charge on any atom is -0.486 e. The molecule has 4 rings (SSSR count). The second-order valence-electron chi connectivity index (χ2n) is 5.66. The largest absolute Gasteiger partial charge is 0.486 e. The predicted octanol–water partition coefficient (Wildman–Crippen LogP) is 3.24. The molecule has 6 nitrogen and oxygen atoms in total. The standard InChI is InChI=1S/C18H15ClN2O4/c19-13-4-2-1-3-12(13)14-10-17(25-21-14)18(22)20-11-5-6-15-16(9-11)24-8-7-23-15/h1-6,9,17H,7-8,10H2,(H,20,22)/t17-/m1/s1. The van der Waals surface area contributed by atoms with Crippen LogP contribution in [0.1, 0.15) is 12.0 Å². The van der Waals surface area contributed by atoms with Crippen LogP contribution in [-0.4, -0.2) is 30.9 Å². The van der Waals surface area contributed by atoms with E-state index in [0.29, 0.717) is 47.6 Å². The fourth-order valence-electron chi connectivity index (χ4n) is 2.72. The van der Waals surface area contributed by atoms with Crippen molar-refractivity contribution in [3.05, 3.63) is 53.1 Å². The minimum absolute atomic E-state index is 0.275. The Morgan fingerprint density at radius 1 is 1.12 bits per heavy atom. The molecule has 0 unspecified atom stereocenters. The number of hydrogen-bond donors (Lipinski definition) is 1. The van der Waals surface area contributed by atoms with E-state index in [9.17, 15) is 4.79 Å². The number of amides is 1. The average Bonchev–Trinajstić information content (AvgIpc) is 3.12. The molecule has 2 aliphatic heterocycles. The summed E-state index contributed by atoms with van der Waals surface area (Å²) in [6, 6.07) is 12.6. The van der Waals surface area contributed by atoms with Crippen molar-refractivity contribution in [3.63, 3.8) is 0 Å². The van der Waals surface area contributed by atoms with Gasteiger partial charge in [-0.2, -0.15) is 0 Å². The number of rotatable bonds is 3. The number of carbonyl (C=O) groups is 1. The van der Waals surface area contributed by atoms with Crippen LogP contribution in [0.15, 0.2) is 47.6 Å². The molecule has 1 amide bonds. The van der Waals surface area contributed by atoms with E-state index < -0.39 is 6.10 Å². The summed E-state index contributed by atoms with van der Waals surface area (Å²) in [6.07, 6.45) is -0.334. The lowest BCUT2D eigenvalue weighted by atomic mass is 10.0. The van der Waals surface area contributed by atoms with Crippen molar-refractivity contribution in [1.29, 1.82) is 0 Å². The molecule has 2 aliphatic rings. The summed E-state index contributed by atoms with van der Waals surface area (Å²) in [4.78, 5) is 17.7. The maximum atomic E-state index is 12.4. The molecule has 128 valence electrons. The highest BCUT2D eigenvalue weighted by Gasteiger charge is 2.30. The van der Waals surface area contributed by atoms with Gasteiger partial charge in [0, 0.05) is 28.8 Å². The van der Waals surface area contributed by atoms with Gasteiger partial charge in [-0.05, 0) is 18.2 Å². The van der Waals surface area contributed by atoms with Crippen LogP contribution in [0, 0.1) is 0 Å². The van der Waals surface area contributed by atoms with Crippen LogP contribution in [0.25, 0.3) is 0 Å². The normalized spacial score (nSPS) is 18.3. The monoisotopic (exact) mass is 358 g/mol. The average molecular weight is 359 g/mol. The quantitative estimate of drug-likeness (QED) is 0.914. The zero-order chi connectivity index (χ0) is 17.2. The van der Waals surface area contributed by atoms with Gasteiger partial charge in [0.15, 0.2) is 11.5 Å². The highest BCUT2D eigenvalue weighted by Crippen LogP contribution is 2.33. The summed E-state index contributed by atoms with van der Waals surface area (Å²) in [5.74, 6) is 1.01. The fraction of sp³-hybridized carbons (Fsp3) is 0.222. The third-order valence-electron chi connectivity index (χ3n) is 3.96. The van der Waals surface area contributed by atoms with Crippen molar-refractivity contribution in [2.75, 3.05) is 18.5 Å². The molecule has 0 radical (unpaired) electrons. The number of ether oxygens (including phenoxy) is 2. The molecule has 2 aromatic carbocycles. The smallest absolute Gasteiger partial charge is 0.268 e. The van der Waals surface area contributed by atoms with Crippen molar-refractivity contribution < 1.29 is 19.1 Å². The van der Waals surface area contributed by atoms with Gasteiger partial charge in [0.2, 0.25) is 6.10 Å². The third-order valence-corrected chi connectivity index (χ3v) is 4.29. The third kappa shape index (κ3) is 3.25. The van der Waals surface area contributed by atoms with Gasteiger partial charge >= 0.3 is 0 Å². The first-order valence-corrected chi connectivity index (χ1v) is 8.26. The van der Waals surface area contributed by atoms with Crippen LogP contribution in [0.3, 0.4) is 0 Å². The number of nitrogens with one attached hydrogen (secondary N) is 1. The van der Waals surface area contributed by atoms with Gasteiger partial charge in [-0.1, -0.05) is 35.0 Å². The number of halogens is 1. The van der Waals surface area contributed by atoms with Crippen LogP contribution in [-0.2, 0) is 9.63 Å². The molecule has 0 bridgehead atoms. The summed E-state index contributed by atoms with van der Waals surface area (Å²) in [5.41, 5.74) is 2.05. The Kier molecular flexibility index (Phi) is 4.19. The number of carbonyl (C=O) groups excluding carboxylic acids is 1. The van der Waals surface area contributed by atoms with Gasteiger partial charge in [0.1, 0.15) is 13.2 Å². The minimum atomic E-state index is -0.695. The number of hydrogen-bond acceptors (Lipinski definition) is 5. The van der Waals surface area contributed by atoms with Gasteiger partial charge in [-0.3, -0.25) is 4.79 Å². The Morgan fingerprint density at radius 2 is 1.92 bits per heavy atom. The Balaban J connectivity index is 1.42. The van der Waals surface area contributed by atoms with Gasteiger partial charge in [0.05, 0.1) is 5.71 Å². The van der Waals surface area contributed by atoms with Crippen molar-refractivity contribution in [2.24, 2.45) is 5.16 Å². The molecule has 0 spiro atoms. The van der Waals surface area contributed by atoms with Gasteiger partial charge < -0.3 is 19.6 Å². The maximum absolute atomic E-state index is 12.4. The number of oxime groups is 1. The van der Waals surface area contributed by atoms with Crippen LogP contribution >= 0.6 is 11.6 Å². The first-order chi connectivity index (χ1) is 12.2. The van der Waals surface area contributed by atoms with Crippen LogP contribution in [0.4, 0.5) is 5.69 Å². The van der Waals surface area contributed by atoms with Gasteiger partial charge in [0.25, 0.3) is 5.91 Å². The van der Waals surface area contributed by atoms with Crippen LogP contribution in [0.5, 0.6) is 11.5 Å². The van der Waals surface area contributed by atoms with Crippen molar-refractivity contribution in [1.82, 2.24) is 0 Å². The summed E-state index contributed by atoms with van der Waals surface area (Å²) in [7, 11) is 0. The number of anilines is 1. The number of benzene rings is 2. The van der Waals surface area contributed by atoms with E-state index in [2.05, 4.69) is 10.5 Å². The molecule has 0 aromatic heterocycles. The molecule has 0 saturated carbocycles. The van der Waals surface area contributed by atoms with E-state index in [4.69, 9.17) is 25.9 Å². The molecule has 7 heteroatoms. The number of nitrogens with zero attached hydrogens (tertiary/aromatic N) is 1. The summed E-state index contributed by atoms with van der Waals surface area (Å²) >= 11 is 6.17. The summed E-state index contributed by atoms with van der Waals surface area (Å²) in [5, 5.41) is 7.40. The van der Waals surface area contributed by atoms with Crippen LogP contribution in [0.2, 0.25) is 5.02 Å². The molecule has 1 N–H and O–H groups in total. The Morgan fingerprint density at radius 3 is 2.76 bits per heavy atom. The molecule has 1 atom stereocenters. The van der Waals surface area contributed by atoms with Crippen LogP contribution < -0.4 is 14.8 Å². The van der Waals surface area contributed by atoms with E-state index in [1.807, 2.05) is 18.2 Å². The molecule has 0 fully saturated rings. The predicted molar refractivity (Wildman–Crippen MR) is 93.5 cm³/mol. The fourth-order valence-corrected chi connectivity index (χ4v) is 2.96. The molecular formula is C18H15ClN2O4. The second kappa shape index (κ2) is 6.64. The maximum Gasteiger partial charge on any atom is 0.268 e. The van der Waals surface area contributed by atoms with E-state index in [1.54, 1.807) is 24.3 Å². The van der Waals surface area contributed by atoms with Gasteiger partial charge in [-0.25, -0.2) is 0 Å². The second-order valence-corrected chi connectivity index (χ2v) is 6.07. The molecule has 2 heterocycles. The van der Waals surface area contributed by atoms with E-state index in [1.165, 1.54) is 0 Å². The summed E-state index contributed by atoms with van der Waals surface area (Å²) < 4.78 is 11.0. The van der Waals surface area contributed by atoms with Crippen molar-refractivity contribution in [2.45, 2.75) is 12.5 Å². The zero-order valence-corrected chi connectivity index (χ0v) is 14.0. The highest BCUT2D eigenvalue weighted by molar-refractivity contribution is 6.34. The first kappa shape index (κ1) is 15.8. The van der Waals surface area contributed by atoms with Crippen molar-refractivity contribution in [3.8, 4) is 11.5 Å². The Bertz CT molecular complexity index is 853. The van der Waals surface area contributed by atoms with E-state index in [-0.39, 0.29) is 5.91 Å². The Labute approximate surface area is 149 Å². The van der Waals surface area contributed by atoms with Crippen molar-refractivity contribution >= 4 is 28.9 Å². The topological polar surface area (TPSA) is 69.2 Å². The first-order valence-electron chi connectivity index (χ1n) is 7.89. The molecule has 25 heavy (non-hydrogen) atoms. The lowest BCUT2D eigenvalue weighted by molar-refractivity contribution is -0.125. The molecule has 0 aliphatic carbocycles. The highest BCUT2D eigenvalue weighted by atomic mass is 35.5. The Hall–Kier alpha value is -2.73. The molecular weight excluding hydrogens is 344 g/mol. The zero-order valence-electron chi connectivity index (χ0n) is 13.2. The molecule has 0 saturated heterocycles. The lowest BCUT2D eigenvalue weighted by Gasteiger charge is -2.19.